The monoisotopic (exact) mass is 210 g/mol. The molecular weight excluding hydrogens is 196 g/mol. The number of carboxylic acid groups (broad SMARTS) is 1. The summed E-state index contributed by atoms with van der Waals surface area (Å²) in [7, 11) is 0. The van der Waals surface area contributed by atoms with Crippen LogP contribution in [-0.2, 0) is 10.2 Å². The highest BCUT2D eigenvalue weighted by Crippen LogP contribution is 2.29. The summed E-state index contributed by atoms with van der Waals surface area (Å²) >= 11 is 0. The predicted molar refractivity (Wildman–Crippen MR) is 54.8 cm³/mol. The van der Waals surface area contributed by atoms with Gasteiger partial charge in [-0.05, 0) is 17.7 Å². The van der Waals surface area contributed by atoms with Crippen molar-refractivity contribution in [1.29, 1.82) is 0 Å². The first-order chi connectivity index (χ1) is 6.98. The Balaban J connectivity index is 3.05. The molecule has 1 unspecified atom stereocenters. The van der Waals surface area contributed by atoms with Gasteiger partial charge in [0, 0.05) is 5.41 Å². The maximum absolute atomic E-state index is 10.7. The Morgan fingerprint density at radius 1 is 1.47 bits per heavy atom. The van der Waals surface area contributed by atoms with Gasteiger partial charge in [0.25, 0.3) is 0 Å². The Morgan fingerprint density at radius 3 is 2.60 bits per heavy atom. The Labute approximate surface area is 87.8 Å². The number of hydrogen-bond acceptors (Lipinski definition) is 3. The lowest BCUT2D eigenvalue weighted by molar-refractivity contribution is -0.138. The molecule has 0 aliphatic rings. The van der Waals surface area contributed by atoms with Crippen molar-refractivity contribution < 1.29 is 20.1 Å². The number of aliphatic hydroxyl groups is 1. The van der Waals surface area contributed by atoms with Crippen LogP contribution in [-0.4, -0.2) is 27.9 Å². The maximum Gasteiger partial charge on any atom is 0.304 e. The van der Waals surface area contributed by atoms with E-state index in [0.717, 1.165) is 0 Å². The number of aliphatic carboxylic acids is 1. The predicted octanol–water partition coefficient (Wildman–Crippen LogP) is 1.12. The number of rotatable bonds is 4. The molecule has 0 saturated heterocycles. The fourth-order valence-corrected chi connectivity index (χ4v) is 1.46. The van der Waals surface area contributed by atoms with Crippen molar-refractivity contribution in [1.82, 2.24) is 0 Å². The molecule has 0 aliphatic carbocycles. The number of aliphatic hydroxyl groups excluding tert-OH is 1. The standard InChI is InChI=1S/C11H14O4/c1-11(7-12,6-10(14)15)8-3-2-4-9(13)5-8/h2-5,12-13H,6-7H2,1H3,(H,14,15). The van der Waals surface area contributed by atoms with E-state index in [4.69, 9.17) is 5.11 Å². The molecule has 1 atom stereocenters. The molecule has 0 fully saturated rings. The smallest absolute Gasteiger partial charge is 0.304 e. The van der Waals surface area contributed by atoms with E-state index in [1.54, 1.807) is 19.1 Å². The fraction of sp³-hybridized carbons (Fsp3) is 0.364. The number of carboxylic acids is 1. The van der Waals surface area contributed by atoms with Gasteiger partial charge < -0.3 is 15.3 Å². The largest absolute Gasteiger partial charge is 0.508 e. The molecule has 3 N–H and O–H groups in total. The van der Waals surface area contributed by atoms with Crippen LogP contribution in [0.15, 0.2) is 24.3 Å². The fourth-order valence-electron chi connectivity index (χ4n) is 1.46. The lowest BCUT2D eigenvalue weighted by atomic mass is 9.80. The van der Waals surface area contributed by atoms with E-state index in [1.807, 2.05) is 0 Å². The van der Waals surface area contributed by atoms with Crippen molar-refractivity contribution in [2.24, 2.45) is 0 Å². The molecule has 15 heavy (non-hydrogen) atoms. The minimum atomic E-state index is -0.977. The lowest BCUT2D eigenvalue weighted by Gasteiger charge is -2.25. The first-order valence-corrected chi connectivity index (χ1v) is 4.60. The summed E-state index contributed by atoms with van der Waals surface area (Å²) < 4.78 is 0. The van der Waals surface area contributed by atoms with Crippen LogP contribution in [0.2, 0.25) is 0 Å². The Kier molecular flexibility index (Phi) is 3.31. The van der Waals surface area contributed by atoms with E-state index in [0.29, 0.717) is 5.56 Å². The van der Waals surface area contributed by atoms with Crippen LogP contribution in [0.5, 0.6) is 5.75 Å². The zero-order chi connectivity index (χ0) is 11.5. The summed E-state index contributed by atoms with van der Waals surface area (Å²) in [5.41, 5.74) is -0.239. The van der Waals surface area contributed by atoms with E-state index >= 15 is 0 Å². The van der Waals surface area contributed by atoms with Crippen molar-refractivity contribution in [3.63, 3.8) is 0 Å². The van der Waals surface area contributed by atoms with E-state index in [9.17, 15) is 15.0 Å². The van der Waals surface area contributed by atoms with Gasteiger partial charge in [-0.15, -0.1) is 0 Å². The minimum absolute atomic E-state index is 0.0672. The summed E-state index contributed by atoms with van der Waals surface area (Å²) in [5.74, 6) is -0.910. The van der Waals surface area contributed by atoms with Crippen molar-refractivity contribution in [2.75, 3.05) is 6.61 Å². The van der Waals surface area contributed by atoms with Gasteiger partial charge in [0.2, 0.25) is 0 Å². The second-order valence-electron chi connectivity index (χ2n) is 3.84. The number of carbonyl (C=O) groups is 1. The quantitative estimate of drug-likeness (QED) is 0.695. The summed E-state index contributed by atoms with van der Waals surface area (Å²) in [6.07, 6.45) is -0.174. The van der Waals surface area contributed by atoms with Gasteiger partial charge in [-0.3, -0.25) is 4.79 Å². The van der Waals surface area contributed by atoms with E-state index < -0.39 is 11.4 Å². The minimum Gasteiger partial charge on any atom is -0.508 e. The molecule has 4 nitrogen and oxygen atoms in total. The lowest BCUT2D eigenvalue weighted by Crippen LogP contribution is -2.29. The topological polar surface area (TPSA) is 77.8 Å². The summed E-state index contributed by atoms with van der Waals surface area (Å²) in [6, 6.07) is 6.29. The number of aromatic hydroxyl groups is 1. The molecule has 82 valence electrons. The molecule has 1 rings (SSSR count). The molecule has 0 saturated carbocycles. The average Bonchev–Trinajstić information content (AvgIpc) is 2.16. The van der Waals surface area contributed by atoms with Crippen LogP contribution >= 0.6 is 0 Å². The highest BCUT2D eigenvalue weighted by atomic mass is 16.4. The molecule has 0 bridgehead atoms. The van der Waals surface area contributed by atoms with Gasteiger partial charge in [-0.25, -0.2) is 0 Å². The normalized spacial score (nSPS) is 14.5. The third-order valence-electron chi connectivity index (χ3n) is 2.43. The van der Waals surface area contributed by atoms with Crippen molar-refractivity contribution in [3.05, 3.63) is 29.8 Å². The number of phenols is 1. The van der Waals surface area contributed by atoms with Crippen molar-refractivity contribution in [3.8, 4) is 5.75 Å². The van der Waals surface area contributed by atoms with Crippen molar-refractivity contribution in [2.45, 2.75) is 18.8 Å². The van der Waals surface area contributed by atoms with E-state index in [2.05, 4.69) is 0 Å². The van der Waals surface area contributed by atoms with Crippen LogP contribution in [0.4, 0.5) is 0 Å². The van der Waals surface area contributed by atoms with Crippen LogP contribution in [0.25, 0.3) is 0 Å². The van der Waals surface area contributed by atoms with Gasteiger partial charge in [0.15, 0.2) is 0 Å². The van der Waals surface area contributed by atoms with Crippen molar-refractivity contribution >= 4 is 5.97 Å². The highest BCUT2D eigenvalue weighted by Gasteiger charge is 2.29. The van der Waals surface area contributed by atoms with E-state index in [-0.39, 0.29) is 18.8 Å². The Bertz CT molecular complexity index is 361. The summed E-state index contributed by atoms with van der Waals surface area (Å²) in [4.78, 5) is 10.7. The maximum atomic E-state index is 10.7. The van der Waals surface area contributed by atoms with E-state index in [1.165, 1.54) is 12.1 Å². The molecule has 1 aromatic rings. The van der Waals surface area contributed by atoms with Crippen LogP contribution in [0.1, 0.15) is 18.9 Å². The average molecular weight is 210 g/mol. The zero-order valence-electron chi connectivity index (χ0n) is 8.47. The molecule has 0 heterocycles. The number of hydrogen-bond donors (Lipinski definition) is 3. The Hall–Kier alpha value is -1.55. The number of benzene rings is 1. The third-order valence-corrected chi connectivity index (χ3v) is 2.43. The van der Waals surface area contributed by atoms with Crippen LogP contribution in [0, 0.1) is 0 Å². The van der Waals surface area contributed by atoms with Gasteiger partial charge in [-0.1, -0.05) is 19.1 Å². The third kappa shape index (κ3) is 2.70. The molecule has 1 aromatic carbocycles. The molecule has 4 heteroatoms. The van der Waals surface area contributed by atoms with Gasteiger partial charge in [0.05, 0.1) is 13.0 Å². The zero-order valence-corrected chi connectivity index (χ0v) is 8.47. The van der Waals surface area contributed by atoms with Crippen LogP contribution < -0.4 is 0 Å². The SMILES string of the molecule is CC(CO)(CC(=O)O)c1cccc(O)c1. The van der Waals surface area contributed by atoms with Crippen LogP contribution in [0.3, 0.4) is 0 Å². The first kappa shape index (κ1) is 11.5. The van der Waals surface area contributed by atoms with Gasteiger partial charge in [-0.2, -0.15) is 0 Å². The number of phenolic OH excluding ortho intramolecular Hbond substituents is 1. The van der Waals surface area contributed by atoms with Gasteiger partial charge in [0.1, 0.15) is 5.75 Å². The second kappa shape index (κ2) is 4.31. The molecule has 0 radical (unpaired) electrons. The second-order valence-corrected chi connectivity index (χ2v) is 3.84. The molecule has 0 amide bonds. The highest BCUT2D eigenvalue weighted by molar-refractivity contribution is 5.69. The van der Waals surface area contributed by atoms with Gasteiger partial charge >= 0.3 is 5.97 Å². The first-order valence-electron chi connectivity index (χ1n) is 4.60. The molecule has 0 aromatic heterocycles. The summed E-state index contributed by atoms with van der Waals surface area (Å²) in [6.45, 7) is 1.37. The molecular formula is C11H14O4. The Morgan fingerprint density at radius 2 is 2.13 bits per heavy atom. The molecule has 0 spiro atoms. The summed E-state index contributed by atoms with van der Waals surface area (Å²) in [5, 5.41) is 27.2. The molecule has 0 aliphatic heterocycles.